The molecule has 1 aliphatic heterocycles. The summed E-state index contributed by atoms with van der Waals surface area (Å²) in [6, 6.07) is 15.5. The van der Waals surface area contributed by atoms with Gasteiger partial charge in [-0.15, -0.1) is 0 Å². The van der Waals surface area contributed by atoms with E-state index in [0.29, 0.717) is 13.0 Å². The number of anilines is 1. The smallest absolute Gasteiger partial charge is 0.241 e. The third-order valence-corrected chi connectivity index (χ3v) is 5.72. The largest absolute Gasteiger partial charge is 0.312 e. The predicted octanol–water partition coefficient (Wildman–Crippen LogP) is 2.85. The molecule has 1 amide bonds. The van der Waals surface area contributed by atoms with Crippen LogP contribution >= 0.6 is 0 Å². The molecule has 0 bridgehead atoms. The Morgan fingerprint density at radius 3 is 2.29 bits per heavy atom. The molecule has 0 aromatic heterocycles. The molecule has 2 aromatic rings. The van der Waals surface area contributed by atoms with Gasteiger partial charge in [0.1, 0.15) is 0 Å². The molecule has 6 heteroatoms. The second-order valence-corrected chi connectivity index (χ2v) is 7.61. The van der Waals surface area contributed by atoms with Gasteiger partial charge >= 0.3 is 0 Å². The number of rotatable bonds is 5. The zero-order valence-electron chi connectivity index (χ0n) is 13.5. The fraction of sp³-hybridized carbons (Fsp3) is 0.278. The number of amides is 1. The van der Waals surface area contributed by atoms with Crippen LogP contribution in [0.5, 0.6) is 0 Å². The molecule has 0 saturated carbocycles. The summed E-state index contributed by atoms with van der Waals surface area (Å²) in [5.41, 5.74) is 1.65. The van der Waals surface area contributed by atoms with Crippen LogP contribution in [-0.2, 0) is 14.8 Å². The van der Waals surface area contributed by atoms with Gasteiger partial charge in [0, 0.05) is 24.7 Å². The van der Waals surface area contributed by atoms with Crippen LogP contribution in [0.1, 0.15) is 31.4 Å². The Bertz CT molecular complexity index is 817. The molecule has 0 unspecified atom stereocenters. The predicted molar refractivity (Wildman–Crippen MR) is 93.2 cm³/mol. The molecule has 0 radical (unpaired) electrons. The van der Waals surface area contributed by atoms with Crippen molar-refractivity contribution in [1.82, 2.24) is 4.72 Å². The minimum atomic E-state index is -3.61. The zero-order chi connectivity index (χ0) is 17.2. The molecule has 0 spiro atoms. The fourth-order valence-electron chi connectivity index (χ4n) is 2.84. The summed E-state index contributed by atoms with van der Waals surface area (Å²) < 4.78 is 27.7. The van der Waals surface area contributed by atoms with Gasteiger partial charge in [-0.3, -0.25) is 4.79 Å². The lowest BCUT2D eigenvalue weighted by atomic mass is 10.1. The van der Waals surface area contributed by atoms with Crippen LogP contribution < -0.4 is 9.62 Å². The van der Waals surface area contributed by atoms with Gasteiger partial charge in [-0.05, 0) is 43.2 Å². The van der Waals surface area contributed by atoms with Crippen LogP contribution in [0.2, 0.25) is 0 Å². The summed E-state index contributed by atoms with van der Waals surface area (Å²) in [7, 11) is -3.61. The lowest BCUT2D eigenvalue weighted by molar-refractivity contribution is -0.117. The van der Waals surface area contributed by atoms with Gasteiger partial charge in [-0.1, -0.05) is 30.3 Å². The summed E-state index contributed by atoms with van der Waals surface area (Å²) >= 11 is 0. The van der Waals surface area contributed by atoms with Crippen LogP contribution in [0, 0.1) is 0 Å². The molecule has 1 saturated heterocycles. The summed E-state index contributed by atoms with van der Waals surface area (Å²) in [5.74, 6) is 0.0847. The highest BCUT2D eigenvalue weighted by Gasteiger charge is 2.23. The van der Waals surface area contributed by atoms with Gasteiger partial charge in [-0.2, -0.15) is 0 Å². The number of hydrogen-bond donors (Lipinski definition) is 1. The molecular formula is C18H20N2O3S. The number of carbonyl (C=O) groups excluding carboxylic acids is 1. The molecule has 126 valence electrons. The number of nitrogens with zero attached hydrogens (tertiary/aromatic N) is 1. The van der Waals surface area contributed by atoms with Crippen molar-refractivity contribution < 1.29 is 13.2 Å². The molecule has 1 atom stereocenters. The summed E-state index contributed by atoms with van der Waals surface area (Å²) in [6.45, 7) is 2.50. The maximum atomic E-state index is 12.5. The minimum absolute atomic E-state index is 0.0847. The van der Waals surface area contributed by atoms with Crippen molar-refractivity contribution in [1.29, 1.82) is 0 Å². The number of carbonyl (C=O) groups is 1. The van der Waals surface area contributed by atoms with Gasteiger partial charge in [0.05, 0.1) is 4.90 Å². The van der Waals surface area contributed by atoms with Crippen molar-refractivity contribution in [2.45, 2.75) is 30.7 Å². The summed E-state index contributed by atoms with van der Waals surface area (Å²) in [4.78, 5) is 13.6. The Labute approximate surface area is 142 Å². The normalized spacial score (nSPS) is 16.4. The first kappa shape index (κ1) is 16.7. The molecule has 1 fully saturated rings. The highest BCUT2D eigenvalue weighted by molar-refractivity contribution is 7.89. The van der Waals surface area contributed by atoms with Crippen molar-refractivity contribution in [3.8, 4) is 0 Å². The molecule has 5 nitrogen and oxygen atoms in total. The van der Waals surface area contributed by atoms with E-state index in [2.05, 4.69) is 4.72 Å². The summed E-state index contributed by atoms with van der Waals surface area (Å²) in [6.07, 6.45) is 1.39. The van der Waals surface area contributed by atoms with Gasteiger partial charge in [0.15, 0.2) is 0 Å². The van der Waals surface area contributed by atoms with E-state index in [0.717, 1.165) is 17.7 Å². The van der Waals surface area contributed by atoms with Gasteiger partial charge < -0.3 is 4.90 Å². The van der Waals surface area contributed by atoms with E-state index in [1.54, 1.807) is 29.2 Å². The molecule has 0 aliphatic carbocycles. The number of benzene rings is 2. The molecule has 3 rings (SSSR count). The maximum Gasteiger partial charge on any atom is 0.241 e. The molecule has 2 aromatic carbocycles. The van der Waals surface area contributed by atoms with E-state index in [4.69, 9.17) is 0 Å². The van der Waals surface area contributed by atoms with Crippen LogP contribution in [0.3, 0.4) is 0 Å². The topological polar surface area (TPSA) is 66.5 Å². The molecule has 24 heavy (non-hydrogen) atoms. The SMILES string of the molecule is C[C@H](NS(=O)(=O)c1ccc(N2CCCC2=O)cc1)c1ccccc1. The van der Waals surface area contributed by atoms with E-state index in [-0.39, 0.29) is 16.8 Å². The number of sulfonamides is 1. The lowest BCUT2D eigenvalue weighted by Crippen LogP contribution is -2.27. The standard InChI is InChI=1S/C18H20N2O3S/c1-14(15-6-3-2-4-7-15)19-24(22,23)17-11-9-16(10-12-17)20-13-5-8-18(20)21/h2-4,6-7,9-12,14,19H,5,8,13H2,1H3/t14-/m0/s1. The Kier molecular flexibility index (Phi) is 4.69. The average Bonchev–Trinajstić information content (AvgIpc) is 3.01. The number of nitrogens with one attached hydrogen (secondary N) is 1. The molecule has 1 aliphatic rings. The molecule has 1 heterocycles. The van der Waals surface area contributed by atoms with Crippen molar-refractivity contribution in [3.05, 3.63) is 60.2 Å². The van der Waals surface area contributed by atoms with E-state index in [9.17, 15) is 13.2 Å². The third-order valence-electron chi connectivity index (χ3n) is 4.16. The Balaban J connectivity index is 1.76. The van der Waals surface area contributed by atoms with Crippen molar-refractivity contribution in [3.63, 3.8) is 0 Å². The van der Waals surface area contributed by atoms with Crippen LogP contribution in [0.15, 0.2) is 59.5 Å². The Morgan fingerprint density at radius 2 is 1.71 bits per heavy atom. The van der Waals surface area contributed by atoms with Crippen molar-refractivity contribution in [2.75, 3.05) is 11.4 Å². The maximum absolute atomic E-state index is 12.5. The lowest BCUT2D eigenvalue weighted by Gasteiger charge is -2.17. The van der Waals surface area contributed by atoms with Crippen LogP contribution in [0.4, 0.5) is 5.69 Å². The first-order valence-electron chi connectivity index (χ1n) is 7.95. The average molecular weight is 344 g/mol. The minimum Gasteiger partial charge on any atom is -0.312 e. The Hall–Kier alpha value is -2.18. The molecule has 1 N–H and O–H groups in total. The first-order chi connectivity index (χ1) is 11.5. The second kappa shape index (κ2) is 6.75. The third kappa shape index (κ3) is 3.49. The van der Waals surface area contributed by atoms with Gasteiger partial charge in [0.25, 0.3) is 0 Å². The highest BCUT2D eigenvalue weighted by atomic mass is 32.2. The van der Waals surface area contributed by atoms with E-state index >= 15 is 0 Å². The van der Waals surface area contributed by atoms with Gasteiger partial charge in [0.2, 0.25) is 15.9 Å². The quantitative estimate of drug-likeness (QED) is 0.907. The Morgan fingerprint density at radius 1 is 1.04 bits per heavy atom. The molecular weight excluding hydrogens is 324 g/mol. The second-order valence-electron chi connectivity index (χ2n) is 5.90. The van der Waals surface area contributed by atoms with Crippen molar-refractivity contribution in [2.24, 2.45) is 0 Å². The van der Waals surface area contributed by atoms with Crippen LogP contribution in [-0.4, -0.2) is 20.9 Å². The van der Waals surface area contributed by atoms with Crippen LogP contribution in [0.25, 0.3) is 0 Å². The zero-order valence-corrected chi connectivity index (χ0v) is 14.3. The highest BCUT2D eigenvalue weighted by Crippen LogP contribution is 2.23. The van der Waals surface area contributed by atoms with E-state index in [1.165, 1.54) is 0 Å². The first-order valence-corrected chi connectivity index (χ1v) is 9.43. The van der Waals surface area contributed by atoms with Crippen molar-refractivity contribution >= 4 is 21.6 Å². The number of hydrogen-bond acceptors (Lipinski definition) is 3. The van der Waals surface area contributed by atoms with Gasteiger partial charge in [-0.25, -0.2) is 13.1 Å². The van der Waals surface area contributed by atoms with E-state index in [1.807, 2.05) is 37.3 Å². The summed E-state index contributed by atoms with van der Waals surface area (Å²) in [5, 5.41) is 0. The van der Waals surface area contributed by atoms with E-state index < -0.39 is 10.0 Å². The fourth-order valence-corrected chi connectivity index (χ4v) is 4.07. The monoisotopic (exact) mass is 344 g/mol.